The van der Waals surface area contributed by atoms with Gasteiger partial charge in [0.05, 0.1) is 18.6 Å². The van der Waals surface area contributed by atoms with E-state index >= 15 is 0 Å². The minimum Gasteiger partial charge on any atom is -0.388 e. The number of halogens is 1. The summed E-state index contributed by atoms with van der Waals surface area (Å²) in [5.41, 5.74) is 1.38. The molecule has 178 valence electrons. The topological polar surface area (TPSA) is 163 Å². The van der Waals surface area contributed by atoms with E-state index in [4.69, 9.17) is 26.1 Å². The van der Waals surface area contributed by atoms with Crippen molar-refractivity contribution in [1.29, 1.82) is 0 Å². The summed E-state index contributed by atoms with van der Waals surface area (Å²) in [6.45, 7) is 0. The van der Waals surface area contributed by atoms with E-state index in [-0.39, 0.29) is 17.4 Å². The maximum Gasteiger partial charge on any atom is 0.325 e. The minimum absolute atomic E-state index is 0.0661. The summed E-state index contributed by atoms with van der Waals surface area (Å²) >= 11 is 6.17. The summed E-state index contributed by atoms with van der Waals surface area (Å²) in [6.07, 6.45) is -4.00. The van der Waals surface area contributed by atoms with Gasteiger partial charge in [-0.25, -0.2) is 4.98 Å². The van der Waals surface area contributed by atoms with Gasteiger partial charge in [0.1, 0.15) is 12.2 Å². The molecule has 1 fully saturated rings. The van der Waals surface area contributed by atoms with E-state index in [1.807, 2.05) is 42.5 Å². The Bertz CT molecular complexity index is 1410. The second-order valence-electron chi connectivity index (χ2n) is 8.08. The number of ether oxygens (including phenoxy) is 1. The third kappa shape index (κ3) is 4.51. The van der Waals surface area contributed by atoms with Gasteiger partial charge in [-0.1, -0.05) is 30.3 Å². The average molecular weight is 506 g/mol. The molecule has 3 heterocycles. The van der Waals surface area contributed by atoms with Crippen LogP contribution in [0.25, 0.3) is 21.9 Å². The predicted molar refractivity (Wildman–Crippen MR) is 125 cm³/mol. The lowest BCUT2D eigenvalue weighted by Crippen LogP contribution is -2.31. The Balaban J connectivity index is 1.45. The molecule has 0 spiro atoms. The van der Waals surface area contributed by atoms with Crippen LogP contribution in [0, 0.1) is 0 Å². The van der Waals surface area contributed by atoms with Crippen molar-refractivity contribution in [3.05, 3.63) is 54.1 Å². The van der Waals surface area contributed by atoms with E-state index in [9.17, 15) is 14.8 Å². The molecule has 4 atom stereocenters. The summed E-state index contributed by atoms with van der Waals surface area (Å²) in [6, 6.07) is 13.7. The molecule has 0 saturated carbocycles. The molecule has 1 saturated heterocycles. The fraction of sp³-hybridized carbons (Fsp3) is 0.286. The van der Waals surface area contributed by atoms with Crippen LogP contribution in [-0.4, -0.2) is 64.0 Å². The lowest BCUT2D eigenvalue weighted by atomic mass is 10.1. The van der Waals surface area contributed by atoms with Gasteiger partial charge in [-0.05, 0) is 40.9 Å². The SMILES string of the molecule is O=P(O)(O)CC[C@H]1O[C@@H](n2cnc3c(Nc4ccc5ccccc5c4)nc(Cl)nc32)[C@@H](O)C1O. The molecule has 1 unspecified atom stereocenters. The Morgan fingerprint density at radius 2 is 1.85 bits per heavy atom. The van der Waals surface area contributed by atoms with Gasteiger partial charge in [0.15, 0.2) is 23.2 Å². The first kappa shape index (κ1) is 23.1. The van der Waals surface area contributed by atoms with Crippen LogP contribution >= 0.6 is 19.2 Å². The molecule has 11 nitrogen and oxygen atoms in total. The van der Waals surface area contributed by atoms with E-state index in [0.717, 1.165) is 16.5 Å². The summed E-state index contributed by atoms with van der Waals surface area (Å²) in [4.78, 5) is 31.1. The van der Waals surface area contributed by atoms with E-state index in [1.165, 1.54) is 10.9 Å². The number of aliphatic hydroxyl groups is 2. The molecular weight excluding hydrogens is 485 g/mol. The highest BCUT2D eigenvalue weighted by atomic mass is 35.5. The quantitative estimate of drug-likeness (QED) is 0.194. The zero-order valence-corrected chi connectivity index (χ0v) is 19.2. The van der Waals surface area contributed by atoms with Crippen LogP contribution in [0.15, 0.2) is 48.8 Å². The van der Waals surface area contributed by atoms with Gasteiger partial charge >= 0.3 is 7.60 Å². The molecule has 2 aromatic carbocycles. The van der Waals surface area contributed by atoms with Crippen LogP contribution in [0.3, 0.4) is 0 Å². The van der Waals surface area contributed by atoms with E-state index in [2.05, 4.69) is 20.3 Å². The molecule has 0 aliphatic carbocycles. The summed E-state index contributed by atoms with van der Waals surface area (Å²) < 4.78 is 18.4. The first-order valence-electron chi connectivity index (χ1n) is 10.4. The number of aliphatic hydroxyl groups excluding tert-OH is 2. The van der Waals surface area contributed by atoms with Crippen LogP contribution < -0.4 is 5.32 Å². The number of aromatic nitrogens is 4. The standard InChI is InChI=1S/C21H21ClN5O6P/c22-21-25-18(24-13-6-5-11-3-1-2-4-12(11)9-13)15-19(26-21)27(10-23-15)20-17(29)16(28)14(33-20)7-8-34(30,31)32/h1-6,9-10,14,16-17,20,28-29H,7-8H2,(H,24,25,26)(H2,30,31,32)/t14-,16?,17+,20-/m1/s1. The van der Waals surface area contributed by atoms with Crippen molar-refractivity contribution in [2.45, 2.75) is 31.0 Å². The monoisotopic (exact) mass is 505 g/mol. The maximum atomic E-state index is 11.2. The Morgan fingerprint density at radius 1 is 1.09 bits per heavy atom. The highest BCUT2D eigenvalue weighted by Crippen LogP contribution is 2.40. The molecule has 2 aromatic heterocycles. The first-order chi connectivity index (χ1) is 16.2. The Morgan fingerprint density at radius 3 is 2.62 bits per heavy atom. The lowest BCUT2D eigenvalue weighted by molar-refractivity contribution is -0.0355. The molecule has 4 aromatic rings. The number of anilines is 2. The van der Waals surface area contributed by atoms with Crippen molar-refractivity contribution in [1.82, 2.24) is 19.5 Å². The average Bonchev–Trinajstić information content (AvgIpc) is 3.33. The van der Waals surface area contributed by atoms with Gasteiger partial charge in [0, 0.05) is 5.69 Å². The minimum atomic E-state index is -4.28. The van der Waals surface area contributed by atoms with Crippen LogP contribution in [0.1, 0.15) is 12.6 Å². The number of nitrogens with zero attached hydrogens (tertiary/aromatic N) is 4. The predicted octanol–water partition coefficient (Wildman–Crippen LogP) is 2.56. The number of nitrogens with one attached hydrogen (secondary N) is 1. The van der Waals surface area contributed by atoms with E-state index in [1.54, 1.807) is 0 Å². The van der Waals surface area contributed by atoms with Gasteiger partial charge in [-0.3, -0.25) is 9.13 Å². The van der Waals surface area contributed by atoms with Crippen LogP contribution in [0.5, 0.6) is 0 Å². The highest BCUT2D eigenvalue weighted by Gasteiger charge is 2.44. The molecule has 1 aliphatic heterocycles. The lowest BCUT2D eigenvalue weighted by Gasteiger charge is -2.17. The second kappa shape index (κ2) is 8.86. The fourth-order valence-corrected chi connectivity index (χ4v) is 4.82. The van der Waals surface area contributed by atoms with E-state index < -0.39 is 38.3 Å². The van der Waals surface area contributed by atoms with E-state index in [0.29, 0.717) is 11.3 Å². The van der Waals surface area contributed by atoms with Gasteiger partial charge in [-0.15, -0.1) is 0 Å². The molecular formula is C21H21ClN5O6P. The summed E-state index contributed by atoms with van der Waals surface area (Å²) in [7, 11) is -4.28. The summed E-state index contributed by atoms with van der Waals surface area (Å²) in [5, 5.41) is 26.2. The van der Waals surface area contributed by atoms with Crippen LogP contribution in [-0.2, 0) is 9.30 Å². The molecule has 1 aliphatic rings. The van der Waals surface area contributed by atoms with Crippen LogP contribution in [0.4, 0.5) is 11.5 Å². The number of benzene rings is 2. The molecule has 5 N–H and O–H groups in total. The number of fused-ring (bicyclic) bond motifs is 2. The Hall–Kier alpha value is -2.63. The first-order valence-corrected chi connectivity index (χ1v) is 12.6. The van der Waals surface area contributed by atoms with Gasteiger partial charge in [-0.2, -0.15) is 9.97 Å². The summed E-state index contributed by atoms with van der Waals surface area (Å²) in [5.74, 6) is 0.343. The molecule has 13 heteroatoms. The smallest absolute Gasteiger partial charge is 0.325 e. The van der Waals surface area contributed by atoms with Crippen molar-refractivity contribution in [2.24, 2.45) is 0 Å². The molecule has 5 rings (SSSR count). The largest absolute Gasteiger partial charge is 0.388 e. The fourth-order valence-electron chi connectivity index (χ4n) is 4.06. The second-order valence-corrected chi connectivity index (χ2v) is 10.2. The Kier molecular flexibility index (Phi) is 6.03. The van der Waals surface area contributed by atoms with Crippen molar-refractivity contribution in [3.63, 3.8) is 0 Å². The van der Waals surface area contributed by atoms with Crippen LogP contribution in [0.2, 0.25) is 5.28 Å². The zero-order valence-electron chi connectivity index (χ0n) is 17.6. The molecule has 34 heavy (non-hydrogen) atoms. The van der Waals surface area contributed by atoms with Gasteiger partial charge in [0.25, 0.3) is 0 Å². The normalized spacial score (nSPS) is 23.1. The third-order valence-corrected chi connectivity index (χ3v) is 6.73. The third-order valence-electron chi connectivity index (χ3n) is 5.72. The maximum absolute atomic E-state index is 11.2. The zero-order chi connectivity index (χ0) is 24.0. The van der Waals surface area contributed by atoms with Gasteiger partial charge < -0.3 is 30.1 Å². The Labute approximate surface area is 198 Å². The highest BCUT2D eigenvalue weighted by molar-refractivity contribution is 7.51. The number of rotatable bonds is 6. The number of hydrogen-bond acceptors (Lipinski definition) is 8. The van der Waals surface area contributed by atoms with Crippen molar-refractivity contribution >= 4 is 52.6 Å². The number of imidazole rings is 1. The molecule has 0 bridgehead atoms. The van der Waals surface area contributed by atoms with Crippen molar-refractivity contribution < 1.29 is 29.3 Å². The van der Waals surface area contributed by atoms with Gasteiger partial charge in [0.2, 0.25) is 5.28 Å². The number of hydrogen-bond donors (Lipinski definition) is 5. The van der Waals surface area contributed by atoms with Crippen molar-refractivity contribution in [3.8, 4) is 0 Å². The molecule has 0 radical (unpaired) electrons. The van der Waals surface area contributed by atoms with Crippen molar-refractivity contribution in [2.75, 3.05) is 11.5 Å². The molecule has 0 amide bonds.